The lowest BCUT2D eigenvalue weighted by molar-refractivity contribution is -0.137. The summed E-state index contributed by atoms with van der Waals surface area (Å²) >= 11 is 1.08. The van der Waals surface area contributed by atoms with Crippen molar-refractivity contribution in [1.82, 2.24) is 9.88 Å². The average Bonchev–Trinajstić information content (AvgIpc) is 3.29. The van der Waals surface area contributed by atoms with Crippen molar-refractivity contribution in [2.24, 2.45) is 0 Å². The molecule has 1 aliphatic rings. The molecule has 1 N–H and O–H groups in total. The highest BCUT2D eigenvalue weighted by molar-refractivity contribution is 7.93. The minimum atomic E-state index is -4.41. The van der Waals surface area contributed by atoms with Gasteiger partial charge in [0.05, 0.1) is 16.2 Å². The zero-order valence-corrected chi connectivity index (χ0v) is 20.5. The molecular weight excluding hydrogens is 520 g/mol. The topological polar surface area (TPSA) is 82.6 Å². The fourth-order valence-corrected chi connectivity index (χ4v) is 5.74. The largest absolute Gasteiger partial charge is 0.416 e. The van der Waals surface area contributed by atoms with E-state index in [2.05, 4.69) is 9.71 Å². The number of thiazole rings is 1. The molecule has 0 bridgehead atoms. The van der Waals surface area contributed by atoms with Gasteiger partial charge in [-0.25, -0.2) is 17.8 Å². The number of sulfonamides is 1. The normalized spacial score (nSPS) is 14.7. The third kappa shape index (κ3) is 6.32. The van der Waals surface area contributed by atoms with E-state index in [0.717, 1.165) is 47.7 Å². The molecule has 36 heavy (non-hydrogen) atoms. The molecule has 7 nitrogen and oxygen atoms in total. The molecule has 2 aromatic carbocycles. The summed E-state index contributed by atoms with van der Waals surface area (Å²) < 4.78 is 79.1. The van der Waals surface area contributed by atoms with Gasteiger partial charge < -0.3 is 9.80 Å². The Labute approximate surface area is 209 Å². The third-order valence-electron chi connectivity index (χ3n) is 5.66. The number of aryl methyl sites for hydroxylation is 1. The minimum Gasteiger partial charge on any atom is -0.368 e. The van der Waals surface area contributed by atoms with Crippen LogP contribution in [0.3, 0.4) is 0 Å². The van der Waals surface area contributed by atoms with E-state index in [1.807, 2.05) is 4.90 Å². The number of aromatic nitrogens is 1. The molecule has 2 heterocycles. The molecule has 0 spiro atoms. The Morgan fingerprint density at radius 2 is 1.75 bits per heavy atom. The van der Waals surface area contributed by atoms with Crippen LogP contribution in [-0.2, 0) is 27.4 Å². The van der Waals surface area contributed by atoms with Crippen LogP contribution in [-0.4, -0.2) is 50.4 Å². The van der Waals surface area contributed by atoms with Gasteiger partial charge in [-0.3, -0.25) is 9.52 Å². The number of halogens is 4. The molecule has 0 aliphatic carbocycles. The van der Waals surface area contributed by atoms with Crippen LogP contribution in [0.25, 0.3) is 0 Å². The first kappa shape index (κ1) is 25.9. The van der Waals surface area contributed by atoms with Crippen LogP contribution in [0, 0.1) is 5.82 Å². The quantitative estimate of drug-likeness (QED) is 0.448. The second-order valence-corrected chi connectivity index (χ2v) is 10.7. The van der Waals surface area contributed by atoms with E-state index in [4.69, 9.17) is 0 Å². The summed E-state index contributed by atoms with van der Waals surface area (Å²) in [5, 5.41) is 1.79. The van der Waals surface area contributed by atoms with E-state index < -0.39 is 27.6 Å². The second kappa shape index (κ2) is 10.4. The van der Waals surface area contributed by atoms with Gasteiger partial charge in [-0.15, -0.1) is 11.3 Å². The van der Waals surface area contributed by atoms with Crippen LogP contribution < -0.4 is 9.62 Å². The van der Waals surface area contributed by atoms with E-state index in [1.54, 1.807) is 16.3 Å². The van der Waals surface area contributed by atoms with Gasteiger partial charge in [0.15, 0.2) is 5.13 Å². The summed E-state index contributed by atoms with van der Waals surface area (Å²) in [6, 6.07) is 9.53. The molecule has 0 radical (unpaired) electrons. The third-order valence-corrected chi connectivity index (χ3v) is 7.95. The van der Waals surface area contributed by atoms with Gasteiger partial charge in [-0.2, -0.15) is 13.2 Å². The number of alkyl halides is 3. The van der Waals surface area contributed by atoms with Crippen LogP contribution in [0.4, 0.5) is 28.4 Å². The lowest BCUT2D eigenvalue weighted by Gasteiger charge is -2.36. The van der Waals surface area contributed by atoms with Gasteiger partial charge in [-0.1, -0.05) is 6.07 Å². The van der Waals surface area contributed by atoms with E-state index in [9.17, 15) is 30.8 Å². The number of rotatable bonds is 7. The summed E-state index contributed by atoms with van der Waals surface area (Å²) in [5.41, 5.74) is 0.309. The van der Waals surface area contributed by atoms with Gasteiger partial charge in [0.2, 0.25) is 5.91 Å². The van der Waals surface area contributed by atoms with Crippen molar-refractivity contribution < 1.29 is 30.8 Å². The number of carbonyl (C=O) groups is 1. The fraction of sp³-hybridized carbons (Fsp3) is 0.304. The lowest BCUT2D eigenvalue weighted by atomic mass is 10.1. The first-order valence-corrected chi connectivity index (χ1v) is 13.3. The van der Waals surface area contributed by atoms with E-state index in [1.165, 1.54) is 6.07 Å². The molecule has 1 fully saturated rings. The van der Waals surface area contributed by atoms with Gasteiger partial charge in [0, 0.05) is 43.7 Å². The number of hydrogen-bond donors (Lipinski definition) is 1. The maximum Gasteiger partial charge on any atom is 0.416 e. The zero-order chi connectivity index (χ0) is 25.9. The number of anilines is 2. The van der Waals surface area contributed by atoms with Crippen molar-refractivity contribution in [3.63, 3.8) is 0 Å². The average molecular weight is 543 g/mol. The first-order chi connectivity index (χ1) is 17.0. The number of hydrogen-bond acceptors (Lipinski definition) is 6. The molecule has 3 aromatic rings. The molecule has 1 saturated heterocycles. The summed E-state index contributed by atoms with van der Waals surface area (Å²) in [6.07, 6.45) is -3.94. The van der Waals surface area contributed by atoms with Crippen LogP contribution in [0.15, 0.2) is 58.8 Å². The van der Waals surface area contributed by atoms with Gasteiger partial charge in [0.25, 0.3) is 10.0 Å². The number of amides is 1. The van der Waals surface area contributed by atoms with Crippen LogP contribution in [0.1, 0.15) is 17.7 Å². The summed E-state index contributed by atoms with van der Waals surface area (Å²) in [7, 11) is -3.92. The molecule has 0 saturated carbocycles. The van der Waals surface area contributed by atoms with Crippen molar-refractivity contribution >= 4 is 38.1 Å². The molecule has 192 valence electrons. The number of carbonyl (C=O) groups excluding carboxylic acids is 1. The van der Waals surface area contributed by atoms with Gasteiger partial charge in [0.1, 0.15) is 5.82 Å². The van der Waals surface area contributed by atoms with E-state index in [0.29, 0.717) is 44.0 Å². The van der Waals surface area contributed by atoms with Crippen LogP contribution in [0.2, 0.25) is 0 Å². The molecule has 0 unspecified atom stereocenters. The number of nitrogens with one attached hydrogen (secondary N) is 1. The molecule has 1 amide bonds. The Morgan fingerprint density at radius 1 is 1.06 bits per heavy atom. The van der Waals surface area contributed by atoms with Gasteiger partial charge in [-0.05, 0) is 48.9 Å². The molecular formula is C23H22F4N4O3S2. The standard InChI is InChI=1S/C23H22F4N4O3S2/c24-17-4-7-20(8-5-17)36(33,34)29-22-28-18(15-35-22)6-9-21(32)31-12-10-30(11-13-31)19-3-1-2-16(14-19)23(25,26)27/h1-5,7-8,14-15H,6,9-13H2,(H,28,29). The molecule has 13 heteroatoms. The first-order valence-electron chi connectivity index (χ1n) is 10.9. The predicted molar refractivity (Wildman–Crippen MR) is 128 cm³/mol. The highest BCUT2D eigenvalue weighted by atomic mass is 32.2. The Bertz CT molecular complexity index is 1320. The highest BCUT2D eigenvalue weighted by Gasteiger charge is 2.31. The smallest absolute Gasteiger partial charge is 0.368 e. The predicted octanol–water partition coefficient (Wildman–Crippen LogP) is 4.38. The van der Waals surface area contributed by atoms with Gasteiger partial charge >= 0.3 is 6.18 Å². The fourth-order valence-electron chi connectivity index (χ4n) is 3.74. The maximum atomic E-state index is 13.0. The van der Waals surface area contributed by atoms with Crippen LogP contribution in [0.5, 0.6) is 0 Å². The monoisotopic (exact) mass is 542 g/mol. The summed E-state index contributed by atoms with van der Waals surface area (Å²) in [4.78, 5) is 20.2. The Kier molecular flexibility index (Phi) is 7.50. The van der Waals surface area contributed by atoms with E-state index in [-0.39, 0.29) is 22.4 Å². The van der Waals surface area contributed by atoms with Crippen molar-refractivity contribution in [2.45, 2.75) is 23.9 Å². The Balaban J connectivity index is 1.27. The molecule has 1 aliphatic heterocycles. The zero-order valence-electron chi connectivity index (χ0n) is 18.8. The number of piperazine rings is 1. The van der Waals surface area contributed by atoms with Crippen molar-refractivity contribution in [1.29, 1.82) is 0 Å². The summed E-state index contributed by atoms with van der Waals surface area (Å²) in [6.45, 7) is 1.60. The number of nitrogens with zero attached hydrogens (tertiary/aromatic N) is 3. The van der Waals surface area contributed by atoms with Crippen LogP contribution >= 0.6 is 11.3 Å². The van der Waals surface area contributed by atoms with Crippen molar-refractivity contribution in [2.75, 3.05) is 35.8 Å². The molecule has 1 aromatic heterocycles. The summed E-state index contributed by atoms with van der Waals surface area (Å²) in [5.74, 6) is -0.660. The number of benzene rings is 2. The SMILES string of the molecule is O=C(CCc1csc(NS(=O)(=O)c2ccc(F)cc2)n1)N1CCN(c2cccc(C(F)(F)F)c2)CC1. The van der Waals surface area contributed by atoms with Crippen molar-refractivity contribution in [3.05, 3.63) is 71.0 Å². The molecule has 4 rings (SSSR count). The maximum absolute atomic E-state index is 13.0. The Morgan fingerprint density at radius 3 is 2.42 bits per heavy atom. The minimum absolute atomic E-state index is 0.0971. The Hall–Kier alpha value is -3.19. The molecule has 0 atom stereocenters. The van der Waals surface area contributed by atoms with Crippen molar-refractivity contribution in [3.8, 4) is 0 Å². The van der Waals surface area contributed by atoms with E-state index >= 15 is 0 Å². The lowest BCUT2D eigenvalue weighted by Crippen LogP contribution is -2.48. The second-order valence-electron chi connectivity index (χ2n) is 8.12. The highest BCUT2D eigenvalue weighted by Crippen LogP contribution is 2.32.